The smallest absolute Gasteiger partial charge is 0.310 e. The van der Waals surface area contributed by atoms with Gasteiger partial charge in [-0.3, -0.25) is 9.69 Å². The summed E-state index contributed by atoms with van der Waals surface area (Å²) in [5.74, 6) is 0.365. The van der Waals surface area contributed by atoms with Gasteiger partial charge in [0.05, 0.1) is 5.92 Å². The molecule has 172 valence electrons. The largest absolute Gasteiger partial charge is 0.462 e. The quantitative estimate of drug-likeness (QED) is 0.326. The lowest BCUT2D eigenvalue weighted by molar-refractivity contribution is -0.157. The molecular formula is C28H38N2O2. The van der Waals surface area contributed by atoms with Crippen molar-refractivity contribution in [3.63, 3.8) is 0 Å². The van der Waals surface area contributed by atoms with Crippen molar-refractivity contribution in [1.29, 1.82) is 0 Å². The van der Waals surface area contributed by atoms with E-state index in [0.29, 0.717) is 12.0 Å². The minimum atomic E-state index is -0.0472. The maximum atomic E-state index is 13.3. The van der Waals surface area contributed by atoms with Gasteiger partial charge in [-0.2, -0.15) is 0 Å². The molecule has 1 unspecified atom stereocenters. The summed E-state index contributed by atoms with van der Waals surface area (Å²) < 4.78 is 8.53. The van der Waals surface area contributed by atoms with E-state index in [2.05, 4.69) is 47.4 Å². The molecule has 2 heterocycles. The molecule has 4 nitrogen and oxygen atoms in total. The number of esters is 1. The zero-order valence-electron chi connectivity index (χ0n) is 19.6. The van der Waals surface area contributed by atoms with Crippen LogP contribution in [0, 0.1) is 5.92 Å². The Kier molecular flexibility index (Phi) is 6.41. The average molecular weight is 435 g/mol. The van der Waals surface area contributed by atoms with Crippen molar-refractivity contribution in [2.24, 2.45) is 5.92 Å². The predicted octanol–water partition coefficient (Wildman–Crippen LogP) is 5.83. The van der Waals surface area contributed by atoms with Crippen molar-refractivity contribution in [3.05, 3.63) is 48.2 Å². The monoisotopic (exact) mass is 434 g/mol. The van der Waals surface area contributed by atoms with Crippen molar-refractivity contribution >= 4 is 16.9 Å². The Morgan fingerprint density at radius 1 is 1.22 bits per heavy atom. The Bertz CT molecular complexity index is 969. The Morgan fingerprint density at radius 2 is 2.03 bits per heavy atom. The van der Waals surface area contributed by atoms with Gasteiger partial charge < -0.3 is 9.30 Å². The molecule has 0 radical (unpaired) electrons. The molecule has 0 bridgehead atoms. The fourth-order valence-electron chi connectivity index (χ4n) is 6.57. The van der Waals surface area contributed by atoms with Gasteiger partial charge in [-0.25, -0.2) is 0 Å². The van der Waals surface area contributed by atoms with Crippen LogP contribution in [0.2, 0.25) is 0 Å². The lowest BCUT2D eigenvalue weighted by Crippen LogP contribution is -2.51. The van der Waals surface area contributed by atoms with Crippen LogP contribution in [0.15, 0.2) is 37.1 Å². The predicted molar refractivity (Wildman–Crippen MR) is 130 cm³/mol. The number of aromatic nitrogens is 1. The minimum Gasteiger partial charge on any atom is -0.462 e. The molecule has 1 aromatic heterocycles. The first-order valence-electron chi connectivity index (χ1n) is 12.9. The van der Waals surface area contributed by atoms with E-state index in [-0.39, 0.29) is 18.0 Å². The van der Waals surface area contributed by atoms with E-state index in [9.17, 15) is 4.79 Å². The number of piperidine rings is 1. The number of hydrogen-bond acceptors (Lipinski definition) is 3. The van der Waals surface area contributed by atoms with Crippen LogP contribution < -0.4 is 0 Å². The number of rotatable bonds is 6. The van der Waals surface area contributed by atoms with E-state index in [1.807, 2.05) is 6.08 Å². The lowest BCUT2D eigenvalue weighted by Gasteiger charge is -2.46. The summed E-state index contributed by atoms with van der Waals surface area (Å²) in [6.07, 6.45) is 14.6. The number of likely N-dealkylation sites (tertiary alicyclic amines) is 1. The zero-order valence-corrected chi connectivity index (χ0v) is 19.6. The molecule has 1 aliphatic heterocycles. The molecular weight excluding hydrogens is 396 g/mol. The number of benzene rings is 1. The summed E-state index contributed by atoms with van der Waals surface area (Å²) in [6, 6.07) is 7.22. The topological polar surface area (TPSA) is 34.5 Å². The SMILES string of the molecule is C=CCN1CC(C(=O)OC2CCCCCC2)C[C@@H]2c3cccc4c3c(cn4CCC)C[C@H]21. The summed E-state index contributed by atoms with van der Waals surface area (Å²) in [5.41, 5.74) is 4.26. The van der Waals surface area contributed by atoms with Crippen molar-refractivity contribution < 1.29 is 9.53 Å². The number of aryl methyl sites for hydroxylation is 1. The molecule has 1 saturated carbocycles. The fourth-order valence-corrected chi connectivity index (χ4v) is 6.57. The Labute approximate surface area is 192 Å². The van der Waals surface area contributed by atoms with E-state index in [1.54, 1.807) is 0 Å². The molecule has 2 fully saturated rings. The summed E-state index contributed by atoms with van der Waals surface area (Å²) in [7, 11) is 0. The van der Waals surface area contributed by atoms with Gasteiger partial charge in [-0.15, -0.1) is 6.58 Å². The number of hydrogen-bond donors (Lipinski definition) is 0. The maximum absolute atomic E-state index is 13.3. The van der Waals surface area contributed by atoms with Gasteiger partial charge in [0.1, 0.15) is 6.10 Å². The average Bonchev–Trinajstić information content (AvgIpc) is 2.96. The summed E-state index contributed by atoms with van der Waals surface area (Å²) in [5, 5.41) is 1.44. The number of fused-ring (bicyclic) bond motifs is 2. The van der Waals surface area contributed by atoms with Gasteiger partial charge in [-0.05, 0) is 62.1 Å². The fraction of sp³-hybridized carbons (Fsp3) is 0.607. The lowest BCUT2D eigenvalue weighted by atomic mass is 9.72. The van der Waals surface area contributed by atoms with Gasteiger partial charge in [0, 0.05) is 48.7 Å². The molecule has 2 aromatic rings. The first kappa shape index (κ1) is 21.8. The zero-order chi connectivity index (χ0) is 22.1. The first-order chi connectivity index (χ1) is 15.7. The highest BCUT2D eigenvalue weighted by Gasteiger charge is 2.43. The van der Waals surface area contributed by atoms with Crippen molar-refractivity contribution in [3.8, 4) is 0 Å². The van der Waals surface area contributed by atoms with Crippen LogP contribution in [-0.2, 0) is 22.5 Å². The summed E-state index contributed by atoms with van der Waals surface area (Å²) in [6.45, 7) is 8.93. The molecule has 5 rings (SSSR count). The third kappa shape index (κ3) is 4.03. The van der Waals surface area contributed by atoms with Crippen molar-refractivity contribution in [1.82, 2.24) is 9.47 Å². The molecule has 0 N–H and O–H groups in total. The van der Waals surface area contributed by atoms with Crippen LogP contribution in [0.1, 0.15) is 75.3 Å². The second kappa shape index (κ2) is 9.43. The van der Waals surface area contributed by atoms with Crippen LogP contribution in [-0.4, -0.2) is 40.7 Å². The normalized spacial score (nSPS) is 26.5. The molecule has 4 heteroatoms. The van der Waals surface area contributed by atoms with Gasteiger partial charge in [-0.1, -0.05) is 38.0 Å². The second-order valence-electron chi connectivity index (χ2n) is 10.2. The van der Waals surface area contributed by atoms with Crippen LogP contribution in [0.4, 0.5) is 0 Å². The standard InChI is InChI=1S/C28H38N2O2/c1-3-14-29-18-20-17-26-24(23-12-9-13-25(29)27(20)23)16-21(19-30(26)15-4-2)28(31)32-22-10-7-5-6-8-11-22/h4,9,12-13,18,21-22,24,26H,2-3,5-8,10-11,14-17,19H2,1H3/t21?,24-,26-/m1/s1. The molecule has 0 spiro atoms. The van der Waals surface area contributed by atoms with E-state index < -0.39 is 0 Å². The summed E-state index contributed by atoms with van der Waals surface area (Å²) >= 11 is 0. The Morgan fingerprint density at radius 3 is 2.78 bits per heavy atom. The molecule has 1 saturated heterocycles. The van der Waals surface area contributed by atoms with E-state index in [0.717, 1.165) is 51.7 Å². The highest BCUT2D eigenvalue weighted by molar-refractivity contribution is 5.89. The Hall–Kier alpha value is -2.07. The van der Waals surface area contributed by atoms with Crippen LogP contribution in [0.25, 0.3) is 10.9 Å². The Balaban J connectivity index is 1.43. The van der Waals surface area contributed by atoms with E-state index in [1.165, 1.54) is 47.7 Å². The highest BCUT2D eigenvalue weighted by Crippen LogP contribution is 2.45. The number of ether oxygens (including phenoxy) is 1. The minimum absolute atomic E-state index is 0.0333. The molecule has 2 aliphatic carbocycles. The molecule has 1 aromatic carbocycles. The van der Waals surface area contributed by atoms with Gasteiger partial charge in [0.25, 0.3) is 0 Å². The van der Waals surface area contributed by atoms with Gasteiger partial charge in [0.2, 0.25) is 0 Å². The molecule has 3 aliphatic rings. The van der Waals surface area contributed by atoms with Crippen LogP contribution >= 0.6 is 0 Å². The third-order valence-corrected chi connectivity index (χ3v) is 8.02. The highest BCUT2D eigenvalue weighted by atomic mass is 16.5. The second-order valence-corrected chi connectivity index (χ2v) is 10.2. The number of carbonyl (C=O) groups is 1. The molecule has 0 amide bonds. The van der Waals surface area contributed by atoms with Crippen molar-refractivity contribution in [2.75, 3.05) is 13.1 Å². The van der Waals surface area contributed by atoms with Crippen LogP contribution in [0.3, 0.4) is 0 Å². The number of carbonyl (C=O) groups excluding carboxylic acids is 1. The summed E-state index contributed by atoms with van der Waals surface area (Å²) in [4.78, 5) is 15.8. The van der Waals surface area contributed by atoms with E-state index in [4.69, 9.17) is 4.74 Å². The maximum Gasteiger partial charge on any atom is 0.310 e. The van der Waals surface area contributed by atoms with Crippen molar-refractivity contribution in [2.45, 2.75) is 89.3 Å². The van der Waals surface area contributed by atoms with E-state index >= 15 is 0 Å². The van der Waals surface area contributed by atoms with Crippen LogP contribution in [0.5, 0.6) is 0 Å². The van der Waals surface area contributed by atoms with Gasteiger partial charge >= 0.3 is 5.97 Å². The molecule has 32 heavy (non-hydrogen) atoms. The van der Waals surface area contributed by atoms with Gasteiger partial charge in [0.15, 0.2) is 0 Å². The third-order valence-electron chi connectivity index (χ3n) is 8.02. The first-order valence-corrected chi connectivity index (χ1v) is 12.9. The molecule has 3 atom stereocenters. The number of nitrogens with zero attached hydrogens (tertiary/aromatic N) is 2.